The highest BCUT2D eigenvalue weighted by atomic mass is 32.2. The fraction of sp³-hybridized carbons (Fsp3) is 0.188. The molecule has 110 valence electrons. The summed E-state index contributed by atoms with van der Waals surface area (Å²) in [5.74, 6) is -1.28. The largest absolute Gasteiger partial charge is 0.325 e. The van der Waals surface area contributed by atoms with E-state index >= 15 is 0 Å². The van der Waals surface area contributed by atoms with E-state index in [1.165, 1.54) is 0 Å². The number of thioether (sulfide) groups is 1. The van der Waals surface area contributed by atoms with Gasteiger partial charge in [0.2, 0.25) is 5.91 Å². The van der Waals surface area contributed by atoms with E-state index in [-0.39, 0.29) is 16.6 Å². The van der Waals surface area contributed by atoms with Crippen molar-refractivity contribution in [1.29, 1.82) is 0 Å². The van der Waals surface area contributed by atoms with Crippen LogP contribution in [0.5, 0.6) is 0 Å². The first-order valence-corrected chi connectivity index (χ1v) is 7.39. The van der Waals surface area contributed by atoms with E-state index in [2.05, 4.69) is 5.32 Å². The molecule has 2 aromatic carbocycles. The van der Waals surface area contributed by atoms with Crippen LogP contribution in [0.3, 0.4) is 0 Å². The monoisotopic (exact) mass is 307 g/mol. The number of carbonyl (C=O) groups is 1. The molecule has 0 saturated heterocycles. The van der Waals surface area contributed by atoms with Crippen molar-refractivity contribution < 1.29 is 13.6 Å². The van der Waals surface area contributed by atoms with Gasteiger partial charge >= 0.3 is 0 Å². The molecule has 0 unspecified atom stereocenters. The first kappa shape index (κ1) is 15.5. The fourth-order valence-corrected chi connectivity index (χ4v) is 2.51. The molecule has 0 saturated carbocycles. The molecule has 0 aromatic heterocycles. The number of aryl methyl sites for hydroxylation is 2. The summed E-state index contributed by atoms with van der Waals surface area (Å²) in [6, 6.07) is 8.80. The van der Waals surface area contributed by atoms with Crippen molar-refractivity contribution in [2.75, 3.05) is 11.1 Å². The maximum Gasteiger partial charge on any atom is 0.234 e. The molecule has 0 fully saturated rings. The highest BCUT2D eigenvalue weighted by Crippen LogP contribution is 2.23. The first-order valence-electron chi connectivity index (χ1n) is 6.40. The van der Waals surface area contributed by atoms with Gasteiger partial charge in [0.1, 0.15) is 11.6 Å². The zero-order valence-electron chi connectivity index (χ0n) is 11.7. The van der Waals surface area contributed by atoms with Crippen LogP contribution in [0, 0.1) is 25.5 Å². The van der Waals surface area contributed by atoms with E-state index in [9.17, 15) is 13.6 Å². The Labute approximate surface area is 126 Å². The van der Waals surface area contributed by atoms with Crippen LogP contribution >= 0.6 is 11.8 Å². The second-order valence-electron chi connectivity index (χ2n) is 4.71. The number of anilines is 1. The quantitative estimate of drug-likeness (QED) is 0.853. The third-order valence-corrected chi connectivity index (χ3v) is 4.07. The summed E-state index contributed by atoms with van der Waals surface area (Å²) in [5, 5.41) is 2.74. The van der Waals surface area contributed by atoms with E-state index in [1.807, 2.05) is 32.0 Å². The van der Waals surface area contributed by atoms with Gasteiger partial charge in [0.25, 0.3) is 0 Å². The molecule has 2 aromatic rings. The van der Waals surface area contributed by atoms with E-state index in [0.29, 0.717) is 5.69 Å². The lowest BCUT2D eigenvalue weighted by Gasteiger charge is -2.08. The molecular weight excluding hydrogens is 292 g/mol. The normalized spacial score (nSPS) is 10.5. The summed E-state index contributed by atoms with van der Waals surface area (Å²) in [6.07, 6.45) is 0. The van der Waals surface area contributed by atoms with Crippen LogP contribution in [0.25, 0.3) is 0 Å². The first-order chi connectivity index (χ1) is 9.95. The molecule has 1 N–H and O–H groups in total. The number of hydrogen-bond acceptors (Lipinski definition) is 2. The third-order valence-electron chi connectivity index (χ3n) is 3.04. The molecule has 0 aliphatic rings. The zero-order chi connectivity index (χ0) is 15.4. The molecule has 21 heavy (non-hydrogen) atoms. The van der Waals surface area contributed by atoms with Gasteiger partial charge in [0, 0.05) is 10.6 Å². The van der Waals surface area contributed by atoms with Crippen molar-refractivity contribution in [3.8, 4) is 0 Å². The molecule has 5 heteroatoms. The van der Waals surface area contributed by atoms with Crippen LogP contribution in [0.2, 0.25) is 0 Å². The van der Waals surface area contributed by atoms with Crippen molar-refractivity contribution in [1.82, 2.24) is 0 Å². The minimum absolute atomic E-state index is 0.0211. The van der Waals surface area contributed by atoms with Gasteiger partial charge in [-0.2, -0.15) is 0 Å². The van der Waals surface area contributed by atoms with E-state index in [0.717, 1.165) is 41.1 Å². The number of hydrogen-bond donors (Lipinski definition) is 1. The average Bonchev–Trinajstić information content (AvgIpc) is 2.44. The Morgan fingerprint density at radius 1 is 1.10 bits per heavy atom. The zero-order valence-corrected chi connectivity index (χ0v) is 12.6. The van der Waals surface area contributed by atoms with Gasteiger partial charge in [-0.1, -0.05) is 6.07 Å². The maximum atomic E-state index is 13.4. The van der Waals surface area contributed by atoms with E-state index in [4.69, 9.17) is 0 Å². The van der Waals surface area contributed by atoms with Crippen LogP contribution in [0.1, 0.15) is 11.1 Å². The van der Waals surface area contributed by atoms with Crippen LogP contribution in [-0.2, 0) is 4.79 Å². The van der Waals surface area contributed by atoms with E-state index in [1.54, 1.807) is 0 Å². The van der Waals surface area contributed by atoms with Crippen LogP contribution in [0.4, 0.5) is 14.5 Å². The number of amides is 1. The molecule has 0 aliphatic heterocycles. The molecule has 0 heterocycles. The minimum atomic E-state index is -0.527. The molecule has 1 amide bonds. The summed E-state index contributed by atoms with van der Waals surface area (Å²) in [5.41, 5.74) is 2.92. The Hall–Kier alpha value is -1.88. The number of rotatable bonds is 4. The maximum absolute atomic E-state index is 13.4. The molecule has 2 rings (SSSR count). The summed E-state index contributed by atoms with van der Waals surface area (Å²) < 4.78 is 26.4. The number of nitrogens with one attached hydrogen (secondary N) is 1. The summed E-state index contributed by atoms with van der Waals surface area (Å²) in [4.78, 5) is 12.0. The lowest BCUT2D eigenvalue weighted by Crippen LogP contribution is -2.14. The highest BCUT2D eigenvalue weighted by Gasteiger charge is 2.08. The lowest BCUT2D eigenvalue weighted by atomic mass is 10.1. The second-order valence-corrected chi connectivity index (χ2v) is 5.73. The van der Waals surface area contributed by atoms with Crippen LogP contribution < -0.4 is 5.32 Å². The molecule has 2 nitrogen and oxygen atoms in total. The van der Waals surface area contributed by atoms with Crippen molar-refractivity contribution in [3.63, 3.8) is 0 Å². The van der Waals surface area contributed by atoms with Crippen LogP contribution in [-0.4, -0.2) is 11.7 Å². The SMILES string of the molecule is Cc1ccc(NC(=O)CSc2cc(F)ccc2F)cc1C. The van der Waals surface area contributed by atoms with Gasteiger partial charge in [-0.3, -0.25) is 4.79 Å². The Morgan fingerprint density at radius 3 is 2.57 bits per heavy atom. The Bertz CT molecular complexity index is 673. The number of carbonyl (C=O) groups excluding carboxylic acids is 1. The molecule has 0 spiro atoms. The van der Waals surface area contributed by atoms with Crippen LogP contribution in [0.15, 0.2) is 41.3 Å². The predicted octanol–water partition coefficient (Wildman–Crippen LogP) is 4.31. The van der Waals surface area contributed by atoms with Crippen molar-refractivity contribution in [3.05, 3.63) is 59.2 Å². The molecular formula is C16H15F2NOS. The van der Waals surface area contributed by atoms with Gasteiger partial charge in [0.05, 0.1) is 5.75 Å². The van der Waals surface area contributed by atoms with Gasteiger partial charge in [-0.15, -0.1) is 11.8 Å². The van der Waals surface area contributed by atoms with Gasteiger partial charge in [-0.25, -0.2) is 8.78 Å². The van der Waals surface area contributed by atoms with Crippen molar-refractivity contribution in [2.45, 2.75) is 18.7 Å². The predicted molar refractivity (Wildman–Crippen MR) is 81.6 cm³/mol. The molecule has 0 aliphatic carbocycles. The average molecular weight is 307 g/mol. The molecule has 0 radical (unpaired) electrons. The summed E-state index contributed by atoms with van der Waals surface area (Å²) in [7, 11) is 0. The standard InChI is InChI=1S/C16H15F2NOS/c1-10-3-5-13(7-11(10)2)19-16(20)9-21-15-8-12(17)4-6-14(15)18/h3-8H,9H2,1-2H3,(H,19,20). The van der Waals surface area contributed by atoms with Gasteiger partial charge in [-0.05, 0) is 55.3 Å². The number of halogens is 2. The lowest BCUT2D eigenvalue weighted by molar-refractivity contribution is -0.113. The second kappa shape index (κ2) is 6.72. The van der Waals surface area contributed by atoms with E-state index < -0.39 is 11.6 Å². The Kier molecular flexibility index (Phi) is 4.96. The van der Waals surface area contributed by atoms with Crippen molar-refractivity contribution >= 4 is 23.4 Å². The Balaban J connectivity index is 1.95. The fourth-order valence-electron chi connectivity index (χ4n) is 1.75. The number of benzene rings is 2. The molecule has 0 bridgehead atoms. The molecule has 0 atom stereocenters. The van der Waals surface area contributed by atoms with Crippen molar-refractivity contribution in [2.24, 2.45) is 0 Å². The van der Waals surface area contributed by atoms with Gasteiger partial charge in [0.15, 0.2) is 0 Å². The summed E-state index contributed by atoms with van der Waals surface area (Å²) >= 11 is 0.969. The Morgan fingerprint density at radius 2 is 1.86 bits per heavy atom. The third kappa shape index (κ3) is 4.29. The minimum Gasteiger partial charge on any atom is -0.325 e. The van der Waals surface area contributed by atoms with Gasteiger partial charge < -0.3 is 5.32 Å². The summed E-state index contributed by atoms with van der Waals surface area (Å²) in [6.45, 7) is 3.95. The topological polar surface area (TPSA) is 29.1 Å². The highest BCUT2D eigenvalue weighted by molar-refractivity contribution is 8.00. The smallest absolute Gasteiger partial charge is 0.234 e.